The summed E-state index contributed by atoms with van der Waals surface area (Å²) in [5.74, 6) is -1.38. The van der Waals surface area contributed by atoms with Crippen LogP contribution in [0.4, 0.5) is 13.2 Å². The average Bonchev–Trinajstić information content (AvgIpc) is 2.35. The molecule has 0 saturated carbocycles. The molecular weight excluding hydrogens is 271 g/mol. The maximum absolute atomic E-state index is 12.7. The lowest BCUT2D eigenvalue weighted by molar-refractivity contribution is -0.150. The van der Waals surface area contributed by atoms with Gasteiger partial charge in [0.05, 0.1) is 6.61 Å². The van der Waals surface area contributed by atoms with Crippen molar-refractivity contribution in [2.75, 3.05) is 6.61 Å². The molecule has 0 aliphatic carbocycles. The Kier molecular flexibility index (Phi) is 5.61. The second-order valence-electron chi connectivity index (χ2n) is 4.14. The molecular formula is C14H16F3NO2. The van der Waals surface area contributed by atoms with Crippen LogP contribution in [-0.2, 0) is 16.1 Å². The molecule has 1 N–H and O–H groups in total. The van der Waals surface area contributed by atoms with E-state index in [1.165, 1.54) is 6.92 Å². The molecule has 0 amide bonds. The van der Waals surface area contributed by atoms with E-state index in [0.29, 0.717) is 6.20 Å². The Hall–Kier alpha value is -1.98. The van der Waals surface area contributed by atoms with Gasteiger partial charge >= 0.3 is 12.1 Å². The lowest BCUT2D eigenvalue weighted by atomic mass is 10.1. The zero-order chi connectivity index (χ0) is 15.2. The van der Waals surface area contributed by atoms with Crippen molar-refractivity contribution in [3.63, 3.8) is 0 Å². The predicted molar refractivity (Wildman–Crippen MR) is 68.8 cm³/mol. The number of aryl methyl sites for hydroxylation is 1. The highest BCUT2D eigenvalue weighted by molar-refractivity contribution is 5.89. The van der Waals surface area contributed by atoms with Crippen LogP contribution in [0.1, 0.15) is 18.1 Å². The van der Waals surface area contributed by atoms with E-state index >= 15 is 0 Å². The van der Waals surface area contributed by atoms with Crippen LogP contribution in [0, 0.1) is 6.92 Å². The number of halogens is 3. The second kappa shape index (κ2) is 6.98. The van der Waals surface area contributed by atoms with Crippen molar-refractivity contribution in [2.24, 2.45) is 0 Å². The molecule has 20 heavy (non-hydrogen) atoms. The number of nitrogens with one attached hydrogen (secondary N) is 1. The third-order valence-electron chi connectivity index (χ3n) is 2.47. The molecule has 0 fully saturated rings. The number of carbonyl (C=O) groups is 1. The number of alkyl halides is 3. The molecule has 1 rings (SSSR count). The van der Waals surface area contributed by atoms with E-state index in [1.54, 1.807) is 12.1 Å². The maximum Gasteiger partial charge on any atom is 0.424 e. The smallest absolute Gasteiger partial charge is 0.424 e. The second-order valence-corrected chi connectivity index (χ2v) is 4.14. The minimum Gasteiger partial charge on any atom is -0.462 e. The summed E-state index contributed by atoms with van der Waals surface area (Å²) >= 11 is 0. The molecule has 0 spiro atoms. The fourth-order valence-corrected chi connectivity index (χ4v) is 1.44. The van der Waals surface area contributed by atoms with Crippen molar-refractivity contribution in [2.45, 2.75) is 26.6 Å². The Morgan fingerprint density at radius 1 is 1.30 bits per heavy atom. The Morgan fingerprint density at radius 3 is 2.40 bits per heavy atom. The van der Waals surface area contributed by atoms with E-state index in [1.807, 2.05) is 19.1 Å². The van der Waals surface area contributed by atoms with Crippen molar-refractivity contribution >= 4 is 5.97 Å². The lowest BCUT2D eigenvalue weighted by Crippen LogP contribution is -2.24. The van der Waals surface area contributed by atoms with E-state index in [4.69, 9.17) is 0 Å². The van der Waals surface area contributed by atoms with Gasteiger partial charge in [0.15, 0.2) is 5.57 Å². The molecule has 1 aromatic rings. The first-order chi connectivity index (χ1) is 9.34. The number of ether oxygens (including phenoxy) is 1. The molecule has 0 heterocycles. The first-order valence-corrected chi connectivity index (χ1v) is 6.08. The number of carbonyl (C=O) groups excluding carboxylic acids is 1. The van der Waals surface area contributed by atoms with E-state index < -0.39 is 17.7 Å². The molecule has 6 heteroatoms. The first-order valence-electron chi connectivity index (χ1n) is 6.08. The molecule has 1 aromatic carbocycles. The minimum absolute atomic E-state index is 0.107. The number of esters is 1. The highest BCUT2D eigenvalue weighted by Crippen LogP contribution is 2.26. The molecule has 0 aromatic heterocycles. The summed E-state index contributed by atoms with van der Waals surface area (Å²) in [6.07, 6.45) is -4.09. The van der Waals surface area contributed by atoms with Crippen molar-refractivity contribution < 1.29 is 22.7 Å². The number of hydrogen-bond donors (Lipinski definition) is 1. The molecule has 0 radical (unpaired) electrons. The van der Waals surface area contributed by atoms with E-state index in [-0.39, 0.29) is 13.2 Å². The van der Waals surface area contributed by atoms with Gasteiger partial charge in [0.2, 0.25) is 0 Å². The van der Waals surface area contributed by atoms with Gasteiger partial charge in [-0.3, -0.25) is 0 Å². The summed E-state index contributed by atoms with van der Waals surface area (Å²) in [5.41, 5.74) is 0.537. The first kappa shape index (κ1) is 16.1. The van der Waals surface area contributed by atoms with Gasteiger partial charge in [0, 0.05) is 12.7 Å². The normalized spacial score (nSPS) is 12.2. The summed E-state index contributed by atoms with van der Waals surface area (Å²) < 4.78 is 42.4. The van der Waals surface area contributed by atoms with Crippen LogP contribution in [0.5, 0.6) is 0 Å². The summed E-state index contributed by atoms with van der Waals surface area (Å²) in [6, 6.07) is 7.31. The molecule has 0 atom stereocenters. The van der Waals surface area contributed by atoms with Gasteiger partial charge in [-0.1, -0.05) is 29.8 Å². The maximum atomic E-state index is 12.7. The van der Waals surface area contributed by atoms with Crippen LogP contribution in [0.15, 0.2) is 36.0 Å². The van der Waals surface area contributed by atoms with Crippen LogP contribution in [0.25, 0.3) is 0 Å². The van der Waals surface area contributed by atoms with Gasteiger partial charge in [-0.05, 0) is 19.4 Å². The summed E-state index contributed by atoms with van der Waals surface area (Å²) in [4.78, 5) is 11.2. The molecule has 0 unspecified atom stereocenters. The van der Waals surface area contributed by atoms with Crippen LogP contribution < -0.4 is 5.32 Å². The molecule has 0 bridgehead atoms. The molecule has 110 valence electrons. The third kappa shape index (κ3) is 4.95. The molecule has 3 nitrogen and oxygen atoms in total. The van der Waals surface area contributed by atoms with Crippen molar-refractivity contribution in [3.05, 3.63) is 47.2 Å². The number of hydrogen-bond acceptors (Lipinski definition) is 3. The van der Waals surface area contributed by atoms with Crippen molar-refractivity contribution in [1.29, 1.82) is 0 Å². The minimum atomic E-state index is -4.74. The zero-order valence-electron chi connectivity index (χ0n) is 11.3. The predicted octanol–water partition coefficient (Wildman–Crippen LogP) is 3.09. The Bertz CT molecular complexity index is 478. The summed E-state index contributed by atoms with van der Waals surface area (Å²) in [7, 11) is 0. The van der Waals surface area contributed by atoms with Crippen LogP contribution >= 0.6 is 0 Å². The van der Waals surface area contributed by atoms with Crippen LogP contribution in [0.2, 0.25) is 0 Å². The SMILES string of the molecule is CCOC(=O)/C(=C\NCc1ccc(C)cc1)C(F)(F)F. The van der Waals surface area contributed by atoms with Crippen LogP contribution in [0.3, 0.4) is 0 Å². The van der Waals surface area contributed by atoms with Gasteiger partial charge in [0.25, 0.3) is 0 Å². The van der Waals surface area contributed by atoms with Crippen molar-refractivity contribution in [3.8, 4) is 0 Å². The highest BCUT2D eigenvalue weighted by Gasteiger charge is 2.39. The van der Waals surface area contributed by atoms with Gasteiger partial charge in [-0.15, -0.1) is 0 Å². The topological polar surface area (TPSA) is 38.3 Å². The van der Waals surface area contributed by atoms with Crippen molar-refractivity contribution in [1.82, 2.24) is 5.32 Å². The Morgan fingerprint density at radius 2 is 1.90 bits per heavy atom. The monoisotopic (exact) mass is 287 g/mol. The summed E-state index contributed by atoms with van der Waals surface area (Å²) in [5, 5.41) is 2.48. The quantitative estimate of drug-likeness (QED) is 0.668. The fourth-order valence-electron chi connectivity index (χ4n) is 1.44. The third-order valence-corrected chi connectivity index (χ3v) is 2.47. The Balaban J connectivity index is 2.72. The standard InChI is InChI=1S/C14H16F3NO2/c1-3-20-13(19)12(14(15,16)17)9-18-8-11-6-4-10(2)5-7-11/h4-7,9,18H,3,8H2,1-2H3/b12-9+. The van der Waals surface area contributed by atoms with Gasteiger partial charge in [-0.2, -0.15) is 13.2 Å². The highest BCUT2D eigenvalue weighted by atomic mass is 19.4. The van der Waals surface area contributed by atoms with E-state index in [2.05, 4.69) is 10.1 Å². The summed E-state index contributed by atoms with van der Waals surface area (Å²) in [6.45, 7) is 3.45. The Labute approximate surface area is 115 Å². The van der Waals surface area contributed by atoms with Gasteiger partial charge in [-0.25, -0.2) is 4.79 Å². The molecule has 0 aliphatic rings. The number of benzene rings is 1. The van der Waals surface area contributed by atoms with Gasteiger partial charge in [0.1, 0.15) is 0 Å². The van der Waals surface area contributed by atoms with E-state index in [9.17, 15) is 18.0 Å². The largest absolute Gasteiger partial charge is 0.462 e. The van der Waals surface area contributed by atoms with Crippen LogP contribution in [-0.4, -0.2) is 18.8 Å². The molecule has 0 saturated heterocycles. The lowest BCUT2D eigenvalue weighted by Gasteiger charge is -2.11. The van der Waals surface area contributed by atoms with Gasteiger partial charge < -0.3 is 10.1 Å². The molecule has 0 aliphatic heterocycles. The zero-order valence-corrected chi connectivity index (χ0v) is 11.3. The fraction of sp³-hybridized carbons (Fsp3) is 0.357. The van der Waals surface area contributed by atoms with E-state index in [0.717, 1.165) is 11.1 Å². The number of rotatable bonds is 5. The average molecular weight is 287 g/mol.